The lowest BCUT2D eigenvalue weighted by Gasteiger charge is -2.08. The monoisotopic (exact) mass is 411 g/mol. The summed E-state index contributed by atoms with van der Waals surface area (Å²) in [6.45, 7) is 2.29. The number of benzene rings is 2. The van der Waals surface area contributed by atoms with Crippen molar-refractivity contribution in [1.29, 1.82) is 0 Å². The first-order valence-electron chi connectivity index (χ1n) is 9.47. The Labute approximate surface area is 173 Å². The highest BCUT2D eigenvalue weighted by Gasteiger charge is 2.13. The van der Waals surface area contributed by atoms with Gasteiger partial charge in [0.2, 0.25) is 0 Å². The van der Waals surface area contributed by atoms with Gasteiger partial charge in [-0.25, -0.2) is 14.6 Å². The summed E-state index contributed by atoms with van der Waals surface area (Å²) in [5, 5.41) is 2.45. The van der Waals surface area contributed by atoms with E-state index in [1.165, 1.54) is 35.9 Å². The third-order valence-electron chi connectivity index (χ3n) is 4.12. The van der Waals surface area contributed by atoms with Crippen LogP contribution in [-0.4, -0.2) is 11.9 Å². The summed E-state index contributed by atoms with van der Waals surface area (Å²) in [6, 6.07) is 15.5. The summed E-state index contributed by atoms with van der Waals surface area (Å²) in [7, 11) is 0. The molecule has 3 rings (SSSR count). The first kappa shape index (κ1) is 20.9. The number of rotatable bonds is 7. The molecule has 0 aliphatic rings. The van der Waals surface area contributed by atoms with Crippen LogP contribution in [0.2, 0.25) is 0 Å². The standard InChI is InChI=1S/C22H22FN3O4/c1-2-3-15-4-10-18(11-5-15)29-14-19-12-13-20(30-19)21(27)25-26-22(28)24-17-8-6-16(23)7-9-17/h4-13H,2-3,14H2,1H3,(H,25,27)(H2,24,26,28). The summed E-state index contributed by atoms with van der Waals surface area (Å²) in [6.07, 6.45) is 2.10. The van der Waals surface area contributed by atoms with E-state index in [1.54, 1.807) is 6.07 Å². The molecule has 0 bridgehead atoms. The smallest absolute Gasteiger partial charge is 0.337 e. The minimum atomic E-state index is -0.684. The predicted molar refractivity (Wildman–Crippen MR) is 109 cm³/mol. The van der Waals surface area contributed by atoms with Gasteiger partial charge in [0.15, 0.2) is 5.76 Å². The molecular weight excluding hydrogens is 389 g/mol. The Hall–Kier alpha value is -3.81. The number of halogens is 1. The number of nitrogens with one attached hydrogen (secondary N) is 3. The SMILES string of the molecule is CCCc1ccc(OCc2ccc(C(=O)NNC(=O)Nc3ccc(F)cc3)o2)cc1. The maximum atomic E-state index is 12.9. The molecule has 0 atom stereocenters. The third-order valence-corrected chi connectivity index (χ3v) is 4.12. The second-order valence-electron chi connectivity index (χ2n) is 6.49. The molecule has 0 radical (unpaired) electrons. The predicted octanol–water partition coefficient (Wildman–Crippen LogP) is 4.42. The van der Waals surface area contributed by atoms with Crippen molar-refractivity contribution in [3.8, 4) is 5.75 Å². The van der Waals surface area contributed by atoms with Crippen LogP contribution in [0.4, 0.5) is 14.9 Å². The van der Waals surface area contributed by atoms with Crippen molar-refractivity contribution in [2.75, 3.05) is 5.32 Å². The highest BCUT2D eigenvalue weighted by Crippen LogP contribution is 2.16. The van der Waals surface area contributed by atoms with Crippen LogP contribution in [0.1, 0.15) is 35.2 Å². The van der Waals surface area contributed by atoms with E-state index in [-0.39, 0.29) is 12.4 Å². The van der Waals surface area contributed by atoms with Crippen LogP contribution < -0.4 is 20.9 Å². The van der Waals surface area contributed by atoms with Gasteiger partial charge in [-0.15, -0.1) is 0 Å². The van der Waals surface area contributed by atoms with Gasteiger partial charge in [0.1, 0.15) is 23.9 Å². The van der Waals surface area contributed by atoms with Gasteiger partial charge >= 0.3 is 11.9 Å². The molecule has 3 amide bonds. The first-order valence-corrected chi connectivity index (χ1v) is 9.47. The largest absolute Gasteiger partial charge is 0.486 e. The van der Waals surface area contributed by atoms with Crippen LogP contribution in [0.3, 0.4) is 0 Å². The van der Waals surface area contributed by atoms with Crippen LogP contribution >= 0.6 is 0 Å². The number of urea groups is 1. The van der Waals surface area contributed by atoms with Crippen LogP contribution in [0.25, 0.3) is 0 Å². The lowest BCUT2D eigenvalue weighted by molar-refractivity contribution is 0.0906. The summed E-state index contributed by atoms with van der Waals surface area (Å²) < 4.78 is 24.0. The van der Waals surface area contributed by atoms with Gasteiger partial charge in [-0.2, -0.15) is 0 Å². The highest BCUT2D eigenvalue weighted by molar-refractivity contribution is 5.95. The number of anilines is 1. The second-order valence-corrected chi connectivity index (χ2v) is 6.49. The number of amides is 3. The fraction of sp³-hybridized carbons (Fsp3) is 0.182. The fourth-order valence-corrected chi connectivity index (χ4v) is 2.64. The quantitative estimate of drug-likeness (QED) is 0.502. The summed E-state index contributed by atoms with van der Waals surface area (Å²) in [5.41, 5.74) is 6.04. The minimum absolute atomic E-state index is 0.0222. The number of ether oxygens (including phenoxy) is 1. The molecule has 1 aromatic heterocycles. The number of carbonyl (C=O) groups is 2. The van der Waals surface area contributed by atoms with E-state index < -0.39 is 17.8 Å². The van der Waals surface area contributed by atoms with Crippen molar-refractivity contribution in [1.82, 2.24) is 10.9 Å². The number of hydrazine groups is 1. The Kier molecular flexibility index (Phi) is 7.05. The number of carbonyl (C=O) groups excluding carboxylic acids is 2. The molecule has 0 aliphatic carbocycles. The highest BCUT2D eigenvalue weighted by atomic mass is 19.1. The average molecular weight is 411 g/mol. The van der Waals surface area contributed by atoms with Crippen molar-refractivity contribution in [2.45, 2.75) is 26.4 Å². The van der Waals surface area contributed by atoms with Gasteiger partial charge in [-0.05, 0) is 60.5 Å². The zero-order valence-corrected chi connectivity index (χ0v) is 16.4. The maximum Gasteiger partial charge on any atom is 0.337 e. The van der Waals surface area contributed by atoms with E-state index in [1.807, 2.05) is 24.3 Å². The van der Waals surface area contributed by atoms with Crippen molar-refractivity contribution in [3.05, 3.63) is 83.6 Å². The number of hydrogen-bond donors (Lipinski definition) is 3. The Balaban J connectivity index is 1.44. The summed E-state index contributed by atoms with van der Waals surface area (Å²) in [4.78, 5) is 23.9. The Bertz CT molecular complexity index is 984. The van der Waals surface area contributed by atoms with Crippen molar-refractivity contribution >= 4 is 17.6 Å². The van der Waals surface area contributed by atoms with Gasteiger partial charge in [0, 0.05) is 5.69 Å². The van der Waals surface area contributed by atoms with E-state index in [0.29, 0.717) is 17.2 Å². The lowest BCUT2D eigenvalue weighted by Crippen LogP contribution is -2.43. The molecule has 0 unspecified atom stereocenters. The molecule has 3 aromatic rings. The van der Waals surface area contributed by atoms with Crippen LogP contribution in [0.15, 0.2) is 65.1 Å². The number of furan rings is 1. The van der Waals surface area contributed by atoms with E-state index in [0.717, 1.165) is 12.8 Å². The molecule has 7 nitrogen and oxygen atoms in total. The summed E-state index contributed by atoms with van der Waals surface area (Å²) in [5.74, 6) is 0.152. The average Bonchev–Trinajstić information content (AvgIpc) is 3.23. The zero-order chi connectivity index (χ0) is 21.3. The molecule has 1 heterocycles. The van der Waals surface area contributed by atoms with Gasteiger partial charge in [0.25, 0.3) is 0 Å². The number of hydrogen-bond acceptors (Lipinski definition) is 4. The summed E-state index contributed by atoms with van der Waals surface area (Å²) >= 11 is 0. The molecule has 8 heteroatoms. The molecule has 3 N–H and O–H groups in total. The van der Waals surface area contributed by atoms with Crippen molar-refractivity contribution in [2.24, 2.45) is 0 Å². The van der Waals surface area contributed by atoms with Crippen molar-refractivity contribution in [3.63, 3.8) is 0 Å². The fourth-order valence-electron chi connectivity index (χ4n) is 2.64. The first-order chi connectivity index (χ1) is 14.5. The molecule has 156 valence electrons. The molecule has 30 heavy (non-hydrogen) atoms. The molecule has 0 saturated carbocycles. The molecular formula is C22H22FN3O4. The maximum absolute atomic E-state index is 12.9. The van der Waals surface area contributed by atoms with E-state index >= 15 is 0 Å². The third kappa shape index (κ3) is 6.10. The normalized spacial score (nSPS) is 10.3. The van der Waals surface area contributed by atoms with Crippen LogP contribution in [0, 0.1) is 5.82 Å². The number of aryl methyl sites for hydroxylation is 1. The van der Waals surface area contributed by atoms with Crippen LogP contribution in [0.5, 0.6) is 5.75 Å². The molecule has 0 fully saturated rings. The van der Waals surface area contributed by atoms with Gasteiger partial charge in [-0.1, -0.05) is 25.5 Å². The molecule has 2 aromatic carbocycles. The van der Waals surface area contributed by atoms with Crippen LogP contribution in [-0.2, 0) is 13.0 Å². The van der Waals surface area contributed by atoms with E-state index in [9.17, 15) is 14.0 Å². The Morgan fingerprint density at radius 2 is 1.70 bits per heavy atom. The minimum Gasteiger partial charge on any atom is -0.486 e. The Morgan fingerprint density at radius 1 is 0.967 bits per heavy atom. The lowest BCUT2D eigenvalue weighted by atomic mass is 10.1. The van der Waals surface area contributed by atoms with E-state index in [2.05, 4.69) is 23.1 Å². The second kappa shape index (κ2) is 10.1. The topological polar surface area (TPSA) is 92.6 Å². The van der Waals surface area contributed by atoms with E-state index in [4.69, 9.17) is 9.15 Å². The molecule has 0 spiro atoms. The molecule has 0 saturated heterocycles. The molecule has 0 aliphatic heterocycles. The van der Waals surface area contributed by atoms with Gasteiger partial charge < -0.3 is 14.5 Å². The van der Waals surface area contributed by atoms with Gasteiger partial charge in [-0.3, -0.25) is 10.2 Å². The Morgan fingerprint density at radius 3 is 2.40 bits per heavy atom. The zero-order valence-electron chi connectivity index (χ0n) is 16.4. The van der Waals surface area contributed by atoms with Crippen molar-refractivity contribution < 1.29 is 23.1 Å². The van der Waals surface area contributed by atoms with Gasteiger partial charge in [0.05, 0.1) is 0 Å².